The van der Waals surface area contributed by atoms with Crippen molar-refractivity contribution in [2.75, 3.05) is 11.5 Å². The summed E-state index contributed by atoms with van der Waals surface area (Å²) >= 11 is 0. The van der Waals surface area contributed by atoms with Gasteiger partial charge < -0.3 is 9.47 Å². The Morgan fingerprint density at radius 1 is 0.750 bits per heavy atom. The number of rotatable bonds is 4. The molecule has 24 heavy (non-hydrogen) atoms. The van der Waals surface area contributed by atoms with Crippen LogP contribution in [-0.2, 0) is 20.3 Å². The third-order valence-corrected chi connectivity index (χ3v) is 5.05. The summed E-state index contributed by atoms with van der Waals surface area (Å²) in [5.74, 6) is -0.683. The molecule has 0 radical (unpaired) electrons. The molecule has 0 spiro atoms. The molecule has 0 N–H and O–H groups in total. The van der Waals surface area contributed by atoms with E-state index in [4.69, 9.17) is 9.47 Å². The Morgan fingerprint density at radius 2 is 1.12 bits per heavy atom. The van der Waals surface area contributed by atoms with Crippen LogP contribution in [-0.4, -0.2) is 39.9 Å². The minimum atomic E-state index is -1.18. The van der Waals surface area contributed by atoms with Crippen LogP contribution in [0.3, 0.4) is 0 Å². The molecule has 0 saturated carbocycles. The predicted octanol–water partition coefficient (Wildman–Crippen LogP) is 2.20. The lowest BCUT2D eigenvalue weighted by atomic mass is 10.2. The van der Waals surface area contributed by atoms with Crippen molar-refractivity contribution in [1.29, 1.82) is 0 Å². The third-order valence-electron chi connectivity index (χ3n) is 3.65. The largest absolute Gasteiger partial charge is 0.454 e. The molecule has 6 heteroatoms. The zero-order valence-electron chi connectivity index (χ0n) is 12.8. The van der Waals surface area contributed by atoms with Gasteiger partial charge in [-0.1, -0.05) is 36.4 Å². The summed E-state index contributed by atoms with van der Waals surface area (Å²) in [6, 6.07) is 17.1. The SMILES string of the molecule is O=C(O[C@H]1CS(=O)C[C@H]1OC(=O)c1ccccc1)c1ccccc1. The zero-order valence-corrected chi connectivity index (χ0v) is 13.6. The first-order valence-electron chi connectivity index (χ1n) is 7.50. The Morgan fingerprint density at radius 3 is 1.50 bits per heavy atom. The van der Waals surface area contributed by atoms with Crippen molar-refractivity contribution in [2.45, 2.75) is 12.2 Å². The van der Waals surface area contributed by atoms with Gasteiger partial charge >= 0.3 is 11.9 Å². The fourth-order valence-corrected chi connectivity index (χ4v) is 3.86. The first-order chi connectivity index (χ1) is 11.6. The highest BCUT2D eigenvalue weighted by Crippen LogP contribution is 2.19. The Labute approximate surface area is 142 Å². The summed E-state index contributed by atoms with van der Waals surface area (Å²) in [4.78, 5) is 24.3. The van der Waals surface area contributed by atoms with Crippen LogP contribution in [0, 0.1) is 0 Å². The average Bonchev–Trinajstić information content (AvgIpc) is 2.95. The second-order valence-electron chi connectivity index (χ2n) is 5.39. The van der Waals surface area contributed by atoms with Gasteiger partial charge in [0.05, 0.1) is 22.6 Å². The number of carbonyl (C=O) groups excluding carboxylic acids is 2. The highest BCUT2D eigenvalue weighted by atomic mass is 32.2. The van der Waals surface area contributed by atoms with E-state index in [0.717, 1.165) is 0 Å². The highest BCUT2D eigenvalue weighted by molar-refractivity contribution is 7.85. The van der Waals surface area contributed by atoms with E-state index in [-0.39, 0.29) is 11.5 Å². The summed E-state index contributed by atoms with van der Waals surface area (Å²) in [7, 11) is -1.18. The van der Waals surface area contributed by atoms with Crippen molar-refractivity contribution in [3.63, 3.8) is 0 Å². The van der Waals surface area contributed by atoms with Crippen LogP contribution in [0.25, 0.3) is 0 Å². The van der Waals surface area contributed by atoms with Crippen molar-refractivity contribution in [2.24, 2.45) is 0 Å². The molecule has 3 rings (SSSR count). The van der Waals surface area contributed by atoms with Crippen LogP contribution in [0.4, 0.5) is 0 Å². The number of benzene rings is 2. The Kier molecular flexibility index (Phi) is 5.05. The quantitative estimate of drug-likeness (QED) is 0.795. The molecule has 124 valence electrons. The topological polar surface area (TPSA) is 69.7 Å². The lowest BCUT2D eigenvalue weighted by molar-refractivity contribution is -0.0176. The van der Waals surface area contributed by atoms with Gasteiger partial charge in [-0.05, 0) is 24.3 Å². The van der Waals surface area contributed by atoms with Gasteiger partial charge in [-0.25, -0.2) is 9.59 Å². The maximum Gasteiger partial charge on any atom is 0.338 e. The van der Waals surface area contributed by atoms with Crippen molar-refractivity contribution in [3.8, 4) is 0 Å². The summed E-state index contributed by atoms with van der Waals surface area (Å²) in [5.41, 5.74) is 0.812. The van der Waals surface area contributed by atoms with E-state index in [0.29, 0.717) is 11.1 Å². The summed E-state index contributed by atoms with van der Waals surface area (Å²) in [6.45, 7) is 0. The second kappa shape index (κ2) is 7.40. The Bertz CT molecular complexity index is 681. The molecule has 1 heterocycles. The van der Waals surface area contributed by atoms with E-state index in [1.807, 2.05) is 0 Å². The third kappa shape index (κ3) is 3.89. The van der Waals surface area contributed by atoms with Crippen molar-refractivity contribution >= 4 is 22.7 Å². The summed E-state index contributed by atoms with van der Waals surface area (Å²) in [5, 5.41) is 0. The maximum absolute atomic E-state index is 12.1. The van der Waals surface area contributed by atoms with Crippen molar-refractivity contribution in [1.82, 2.24) is 0 Å². The van der Waals surface area contributed by atoms with Gasteiger partial charge in [0.1, 0.15) is 0 Å². The van der Waals surface area contributed by atoms with E-state index in [2.05, 4.69) is 0 Å². The number of esters is 2. The predicted molar refractivity (Wildman–Crippen MR) is 89.2 cm³/mol. The minimum Gasteiger partial charge on any atom is -0.454 e. The zero-order chi connectivity index (χ0) is 16.9. The highest BCUT2D eigenvalue weighted by Gasteiger charge is 2.38. The van der Waals surface area contributed by atoms with Crippen LogP contribution in [0.2, 0.25) is 0 Å². The van der Waals surface area contributed by atoms with Crippen molar-refractivity contribution < 1.29 is 23.3 Å². The van der Waals surface area contributed by atoms with Gasteiger partial charge in [0.2, 0.25) is 0 Å². The number of ether oxygens (including phenoxy) is 2. The van der Waals surface area contributed by atoms with Crippen LogP contribution in [0.1, 0.15) is 20.7 Å². The molecule has 0 amide bonds. The van der Waals surface area contributed by atoms with E-state index in [1.54, 1.807) is 60.7 Å². The van der Waals surface area contributed by atoms with E-state index in [9.17, 15) is 13.8 Å². The minimum absolute atomic E-state index is 0.172. The molecule has 0 bridgehead atoms. The van der Waals surface area contributed by atoms with Gasteiger partial charge in [0, 0.05) is 10.8 Å². The van der Waals surface area contributed by atoms with Crippen LogP contribution >= 0.6 is 0 Å². The van der Waals surface area contributed by atoms with E-state index < -0.39 is 34.9 Å². The smallest absolute Gasteiger partial charge is 0.338 e. The lowest BCUT2D eigenvalue weighted by Crippen LogP contribution is -2.34. The Hall–Kier alpha value is -2.47. The monoisotopic (exact) mass is 344 g/mol. The molecule has 2 aromatic rings. The molecular weight excluding hydrogens is 328 g/mol. The van der Waals surface area contributed by atoms with Crippen LogP contribution in [0.5, 0.6) is 0 Å². The molecule has 3 atom stereocenters. The molecule has 1 saturated heterocycles. The van der Waals surface area contributed by atoms with E-state index >= 15 is 0 Å². The number of hydrogen-bond donors (Lipinski definition) is 0. The van der Waals surface area contributed by atoms with Gasteiger partial charge in [-0.2, -0.15) is 0 Å². The standard InChI is InChI=1S/C18H16O5S/c19-17(13-7-3-1-4-8-13)22-15-11-24(21)12-16(15)23-18(20)14-9-5-2-6-10-14/h1-10,15-16H,11-12H2/t15-,16+,24?. The Balaban J connectivity index is 1.67. The van der Waals surface area contributed by atoms with E-state index in [1.165, 1.54) is 0 Å². The summed E-state index contributed by atoms with van der Waals surface area (Å²) in [6.07, 6.45) is -1.41. The fourth-order valence-electron chi connectivity index (χ4n) is 2.43. The summed E-state index contributed by atoms with van der Waals surface area (Å²) < 4.78 is 22.6. The van der Waals surface area contributed by atoms with Gasteiger partial charge in [0.25, 0.3) is 0 Å². The molecule has 1 aliphatic heterocycles. The average molecular weight is 344 g/mol. The first-order valence-corrected chi connectivity index (χ1v) is 8.99. The molecule has 2 aromatic carbocycles. The molecule has 1 aliphatic rings. The normalized spacial score (nSPS) is 22.8. The lowest BCUT2D eigenvalue weighted by Gasteiger charge is -2.19. The number of hydrogen-bond acceptors (Lipinski definition) is 5. The van der Waals surface area contributed by atoms with Gasteiger partial charge in [-0.3, -0.25) is 4.21 Å². The molecule has 0 aliphatic carbocycles. The van der Waals surface area contributed by atoms with Gasteiger partial charge in [0.15, 0.2) is 12.2 Å². The molecular formula is C18H16O5S. The van der Waals surface area contributed by atoms with Crippen molar-refractivity contribution in [3.05, 3.63) is 71.8 Å². The second-order valence-corrected chi connectivity index (χ2v) is 6.94. The van der Waals surface area contributed by atoms with Gasteiger partial charge in [-0.15, -0.1) is 0 Å². The fraction of sp³-hybridized carbons (Fsp3) is 0.222. The molecule has 0 aromatic heterocycles. The van der Waals surface area contributed by atoms with Crippen LogP contribution in [0.15, 0.2) is 60.7 Å². The molecule has 1 unspecified atom stereocenters. The molecule has 5 nitrogen and oxygen atoms in total. The van der Waals surface area contributed by atoms with Crippen LogP contribution < -0.4 is 0 Å². The maximum atomic E-state index is 12.1. The number of carbonyl (C=O) groups is 2. The molecule has 1 fully saturated rings. The first kappa shape index (κ1) is 16.4.